The number of fused-ring (bicyclic) bond motifs is 1. The first-order chi connectivity index (χ1) is 14.0. The molecule has 0 radical (unpaired) electrons. The Balaban J connectivity index is 1.33. The number of aromatic nitrogens is 1. The van der Waals surface area contributed by atoms with Crippen molar-refractivity contribution in [3.63, 3.8) is 0 Å². The maximum atomic E-state index is 12.6. The van der Waals surface area contributed by atoms with E-state index in [1.165, 1.54) is 0 Å². The van der Waals surface area contributed by atoms with Crippen LogP contribution in [0.3, 0.4) is 0 Å². The molecule has 0 spiro atoms. The zero-order valence-electron chi connectivity index (χ0n) is 16.2. The van der Waals surface area contributed by atoms with E-state index < -0.39 is 5.97 Å². The van der Waals surface area contributed by atoms with Crippen molar-refractivity contribution in [2.24, 2.45) is 0 Å². The van der Waals surface area contributed by atoms with Crippen LogP contribution in [0.15, 0.2) is 48.5 Å². The molecule has 0 bridgehead atoms. The highest BCUT2D eigenvalue weighted by Gasteiger charge is 2.24. The first-order valence-corrected chi connectivity index (χ1v) is 9.93. The molecule has 0 unspecified atom stereocenters. The number of piperazine rings is 1. The van der Waals surface area contributed by atoms with Crippen molar-refractivity contribution in [2.45, 2.75) is 6.92 Å². The Morgan fingerprint density at radius 2 is 1.83 bits per heavy atom. The summed E-state index contributed by atoms with van der Waals surface area (Å²) in [6.07, 6.45) is 0. The lowest BCUT2D eigenvalue weighted by atomic mass is 10.1. The van der Waals surface area contributed by atoms with Gasteiger partial charge in [0, 0.05) is 53.5 Å². The van der Waals surface area contributed by atoms with Gasteiger partial charge >= 0.3 is 5.97 Å². The van der Waals surface area contributed by atoms with Gasteiger partial charge in [0.25, 0.3) is 5.91 Å². The summed E-state index contributed by atoms with van der Waals surface area (Å²) in [5.74, 6) is -0.660. The lowest BCUT2D eigenvalue weighted by Gasteiger charge is -2.36. The molecule has 1 amide bonds. The van der Waals surface area contributed by atoms with Crippen molar-refractivity contribution >= 4 is 40.1 Å². The third-order valence-corrected chi connectivity index (χ3v) is 5.47. The summed E-state index contributed by atoms with van der Waals surface area (Å²) in [6, 6.07) is 15.2. The van der Waals surface area contributed by atoms with Crippen LogP contribution in [0.1, 0.15) is 16.1 Å². The predicted molar refractivity (Wildman–Crippen MR) is 114 cm³/mol. The van der Waals surface area contributed by atoms with Crippen LogP contribution < -0.4 is 4.90 Å². The number of carbonyl (C=O) groups excluding carboxylic acids is 2. The van der Waals surface area contributed by atoms with Crippen LogP contribution in [0, 0.1) is 6.92 Å². The lowest BCUT2D eigenvalue weighted by Crippen LogP contribution is -2.49. The van der Waals surface area contributed by atoms with Crippen LogP contribution in [0.25, 0.3) is 10.9 Å². The Kier molecular flexibility index (Phi) is 5.45. The maximum Gasteiger partial charge on any atom is 0.341 e. The number of H-pyrrole nitrogens is 1. The van der Waals surface area contributed by atoms with Crippen molar-refractivity contribution in [1.82, 2.24) is 9.88 Å². The van der Waals surface area contributed by atoms with Gasteiger partial charge in [0.15, 0.2) is 6.61 Å². The fourth-order valence-corrected chi connectivity index (χ4v) is 3.90. The summed E-state index contributed by atoms with van der Waals surface area (Å²) in [6.45, 7) is 4.15. The zero-order chi connectivity index (χ0) is 20.4. The molecular formula is C22H22ClN3O3. The Morgan fingerprint density at radius 1 is 1.07 bits per heavy atom. The summed E-state index contributed by atoms with van der Waals surface area (Å²) in [4.78, 5) is 32.2. The minimum absolute atomic E-state index is 0.179. The molecule has 0 aliphatic carbocycles. The number of nitrogens with one attached hydrogen (secondary N) is 1. The summed E-state index contributed by atoms with van der Waals surface area (Å²) in [5.41, 5.74) is 3.14. The number of anilines is 1. The highest BCUT2D eigenvalue weighted by molar-refractivity contribution is 6.30. The van der Waals surface area contributed by atoms with Crippen molar-refractivity contribution in [3.05, 3.63) is 64.8 Å². The molecule has 4 rings (SSSR count). The van der Waals surface area contributed by atoms with Crippen LogP contribution in [0.2, 0.25) is 5.02 Å². The highest BCUT2D eigenvalue weighted by Crippen LogP contribution is 2.23. The summed E-state index contributed by atoms with van der Waals surface area (Å²) >= 11 is 6.06. The van der Waals surface area contributed by atoms with Gasteiger partial charge in [-0.3, -0.25) is 4.79 Å². The lowest BCUT2D eigenvalue weighted by molar-refractivity contribution is -0.134. The first-order valence-electron chi connectivity index (χ1n) is 9.55. The van der Waals surface area contributed by atoms with Crippen molar-refractivity contribution in [1.29, 1.82) is 0 Å². The number of amides is 1. The minimum Gasteiger partial charge on any atom is -0.452 e. The molecule has 2 aromatic carbocycles. The molecule has 2 heterocycles. The number of carbonyl (C=O) groups is 2. The normalized spacial score (nSPS) is 14.3. The van der Waals surface area contributed by atoms with Gasteiger partial charge in [-0.1, -0.05) is 35.9 Å². The largest absolute Gasteiger partial charge is 0.452 e. The number of aromatic amines is 1. The van der Waals surface area contributed by atoms with Gasteiger partial charge in [-0.2, -0.15) is 0 Å². The smallest absolute Gasteiger partial charge is 0.341 e. The van der Waals surface area contributed by atoms with E-state index in [4.69, 9.17) is 16.3 Å². The van der Waals surface area contributed by atoms with E-state index in [9.17, 15) is 9.59 Å². The third kappa shape index (κ3) is 4.07. The Labute approximate surface area is 174 Å². The molecule has 1 aromatic heterocycles. The zero-order valence-corrected chi connectivity index (χ0v) is 16.9. The molecule has 1 aliphatic rings. The van der Waals surface area contributed by atoms with Crippen molar-refractivity contribution < 1.29 is 14.3 Å². The number of halogens is 1. The van der Waals surface area contributed by atoms with Gasteiger partial charge in [-0.05, 0) is 31.2 Å². The van der Waals surface area contributed by atoms with Crippen LogP contribution >= 0.6 is 11.6 Å². The van der Waals surface area contributed by atoms with E-state index in [-0.39, 0.29) is 12.5 Å². The first kappa shape index (κ1) is 19.3. The SMILES string of the molecule is Cc1[nH]c2ccccc2c1C(=O)OCC(=O)N1CCN(c2cccc(Cl)c2)CC1. The molecule has 1 fully saturated rings. The number of aryl methyl sites for hydroxylation is 1. The number of rotatable bonds is 4. The van der Waals surface area contributed by atoms with Gasteiger partial charge in [0.2, 0.25) is 0 Å². The monoisotopic (exact) mass is 411 g/mol. The standard InChI is InChI=1S/C22H22ClN3O3/c1-15-21(18-7-2-3-8-19(18)24-15)22(28)29-14-20(27)26-11-9-25(10-12-26)17-6-4-5-16(23)13-17/h2-8,13,24H,9-12,14H2,1H3. The molecule has 1 saturated heterocycles. The van der Waals surface area contributed by atoms with Crippen molar-refractivity contribution in [3.8, 4) is 0 Å². The van der Waals surface area contributed by atoms with Crippen LogP contribution in [0.4, 0.5) is 5.69 Å². The van der Waals surface area contributed by atoms with E-state index >= 15 is 0 Å². The average molecular weight is 412 g/mol. The maximum absolute atomic E-state index is 12.6. The number of ether oxygens (including phenoxy) is 1. The second kappa shape index (κ2) is 8.17. The highest BCUT2D eigenvalue weighted by atomic mass is 35.5. The fraction of sp³-hybridized carbons (Fsp3) is 0.273. The molecule has 150 valence electrons. The number of para-hydroxylation sites is 1. The topological polar surface area (TPSA) is 65.6 Å². The second-order valence-corrected chi connectivity index (χ2v) is 7.53. The molecule has 3 aromatic rings. The van der Waals surface area contributed by atoms with E-state index in [1.54, 1.807) is 4.90 Å². The average Bonchev–Trinajstić information content (AvgIpc) is 3.07. The quantitative estimate of drug-likeness (QED) is 0.666. The number of benzene rings is 2. The number of esters is 1. The van der Waals surface area contributed by atoms with E-state index in [1.807, 2.05) is 55.5 Å². The van der Waals surface area contributed by atoms with Gasteiger partial charge in [0.05, 0.1) is 5.56 Å². The molecule has 6 nitrogen and oxygen atoms in total. The van der Waals surface area contributed by atoms with Crippen LogP contribution in [-0.2, 0) is 9.53 Å². The van der Waals surface area contributed by atoms with Gasteiger partial charge in [0.1, 0.15) is 0 Å². The number of hydrogen-bond acceptors (Lipinski definition) is 4. The molecular weight excluding hydrogens is 390 g/mol. The second-order valence-electron chi connectivity index (χ2n) is 7.09. The molecule has 1 N–H and O–H groups in total. The molecule has 29 heavy (non-hydrogen) atoms. The minimum atomic E-state index is -0.481. The van der Waals surface area contributed by atoms with E-state index in [0.29, 0.717) is 36.8 Å². The third-order valence-electron chi connectivity index (χ3n) is 5.23. The molecule has 7 heteroatoms. The van der Waals surface area contributed by atoms with E-state index in [2.05, 4.69) is 9.88 Å². The predicted octanol–water partition coefficient (Wildman–Crippen LogP) is 3.64. The Hall–Kier alpha value is -2.99. The van der Waals surface area contributed by atoms with E-state index in [0.717, 1.165) is 22.3 Å². The Morgan fingerprint density at radius 3 is 2.59 bits per heavy atom. The van der Waals surface area contributed by atoms with Gasteiger partial charge in [-0.15, -0.1) is 0 Å². The van der Waals surface area contributed by atoms with Gasteiger partial charge < -0.3 is 19.5 Å². The molecule has 0 saturated carbocycles. The summed E-state index contributed by atoms with van der Waals surface area (Å²) in [5, 5.41) is 1.50. The summed E-state index contributed by atoms with van der Waals surface area (Å²) < 4.78 is 5.34. The number of nitrogens with zero attached hydrogens (tertiary/aromatic N) is 2. The molecule has 0 atom stereocenters. The molecule has 1 aliphatic heterocycles. The van der Waals surface area contributed by atoms with Crippen LogP contribution in [-0.4, -0.2) is 54.5 Å². The van der Waals surface area contributed by atoms with Gasteiger partial charge in [-0.25, -0.2) is 4.79 Å². The van der Waals surface area contributed by atoms with Crippen molar-refractivity contribution in [2.75, 3.05) is 37.7 Å². The van der Waals surface area contributed by atoms with Crippen LogP contribution in [0.5, 0.6) is 0 Å². The number of hydrogen-bond donors (Lipinski definition) is 1. The fourth-order valence-electron chi connectivity index (χ4n) is 3.72. The Bertz CT molecular complexity index is 1050. The summed E-state index contributed by atoms with van der Waals surface area (Å²) in [7, 11) is 0.